The molecular weight excluding hydrogens is 168 g/mol. The van der Waals surface area contributed by atoms with Crippen molar-refractivity contribution < 1.29 is 9.47 Å². The first-order chi connectivity index (χ1) is 6.31. The molecule has 4 nitrogen and oxygen atoms in total. The standard InChI is InChI=1S/C9H16N2O2/c1-7-9(13-7)10-11-5-3-4-8(11)6-12-2/h4,7,9-10H,3,5-6H2,1-2H3. The van der Waals surface area contributed by atoms with Crippen molar-refractivity contribution >= 4 is 0 Å². The minimum atomic E-state index is 0.207. The summed E-state index contributed by atoms with van der Waals surface area (Å²) >= 11 is 0. The molecule has 4 heteroatoms. The number of nitrogens with zero attached hydrogens (tertiary/aromatic N) is 1. The lowest BCUT2D eigenvalue weighted by Gasteiger charge is -2.21. The maximum absolute atomic E-state index is 5.28. The number of rotatable bonds is 4. The fourth-order valence-corrected chi connectivity index (χ4v) is 1.52. The maximum Gasteiger partial charge on any atom is 0.151 e. The van der Waals surface area contributed by atoms with Gasteiger partial charge in [0.2, 0.25) is 0 Å². The molecule has 1 N–H and O–H groups in total. The van der Waals surface area contributed by atoms with Crippen LogP contribution < -0.4 is 5.43 Å². The van der Waals surface area contributed by atoms with Gasteiger partial charge in [0.05, 0.1) is 18.4 Å². The van der Waals surface area contributed by atoms with Crippen molar-refractivity contribution in [1.82, 2.24) is 10.4 Å². The monoisotopic (exact) mass is 184 g/mol. The van der Waals surface area contributed by atoms with Crippen LogP contribution in [-0.2, 0) is 9.47 Å². The van der Waals surface area contributed by atoms with Gasteiger partial charge in [-0.2, -0.15) is 0 Å². The predicted molar refractivity (Wildman–Crippen MR) is 48.8 cm³/mol. The number of nitrogens with one attached hydrogen (secondary N) is 1. The van der Waals surface area contributed by atoms with Gasteiger partial charge in [0, 0.05) is 13.7 Å². The van der Waals surface area contributed by atoms with Crippen molar-refractivity contribution in [1.29, 1.82) is 0 Å². The summed E-state index contributed by atoms with van der Waals surface area (Å²) in [6.45, 7) is 3.76. The van der Waals surface area contributed by atoms with Gasteiger partial charge in [-0.1, -0.05) is 6.08 Å². The van der Waals surface area contributed by atoms with E-state index in [4.69, 9.17) is 9.47 Å². The Morgan fingerprint density at radius 2 is 2.54 bits per heavy atom. The van der Waals surface area contributed by atoms with Crippen LogP contribution in [0, 0.1) is 0 Å². The summed E-state index contributed by atoms with van der Waals surface area (Å²) < 4.78 is 10.4. The quantitative estimate of drug-likeness (QED) is 0.644. The number of hydrogen-bond donors (Lipinski definition) is 1. The van der Waals surface area contributed by atoms with Gasteiger partial charge >= 0.3 is 0 Å². The van der Waals surface area contributed by atoms with Crippen molar-refractivity contribution in [3.8, 4) is 0 Å². The molecule has 2 unspecified atom stereocenters. The second kappa shape index (κ2) is 3.65. The molecule has 2 heterocycles. The van der Waals surface area contributed by atoms with Gasteiger partial charge < -0.3 is 14.5 Å². The highest BCUT2D eigenvalue weighted by Gasteiger charge is 2.36. The first kappa shape index (κ1) is 8.99. The molecule has 2 aliphatic rings. The summed E-state index contributed by atoms with van der Waals surface area (Å²) in [5, 5.41) is 2.12. The Balaban J connectivity index is 1.81. The lowest BCUT2D eigenvalue weighted by atomic mass is 10.4. The number of hydrogen-bond acceptors (Lipinski definition) is 4. The van der Waals surface area contributed by atoms with E-state index in [1.165, 1.54) is 5.70 Å². The van der Waals surface area contributed by atoms with Gasteiger partial charge in [0.25, 0.3) is 0 Å². The van der Waals surface area contributed by atoms with E-state index in [-0.39, 0.29) is 6.23 Å². The fraction of sp³-hybridized carbons (Fsp3) is 0.778. The van der Waals surface area contributed by atoms with Gasteiger partial charge in [-0.3, -0.25) is 0 Å². The molecule has 0 amide bonds. The molecule has 0 aromatic rings. The topological polar surface area (TPSA) is 37.0 Å². The van der Waals surface area contributed by atoms with E-state index in [9.17, 15) is 0 Å². The van der Waals surface area contributed by atoms with E-state index in [2.05, 4.69) is 23.4 Å². The molecule has 1 fully saturated rings. The molecule has 0 bridgehead atoms. The van der Waals surface area contributed by atoms with E-state index < -0.39 is 0 Å². The van der Waals surface area contributed by atoms with E-state index >= 15 is 0 Å². The molecule has 0 spiro atoms. The minimum absolute atomic E-state index is 0.207. The highest BCUT2D eigenvalue weighted by molar-refractivity contribution is 5.07. The third kappa shape index (κ3) is 2.02. The normalized spacial score (nSPS) is 32.2. The second-order valence-corrected chi connectivity index (χ2v) is 3.46. The van der Waals surface area contributed by atoms with Crippen molar-refractivity contribution in [2.24, 2.45) is 0 Å². The average Bonchev–Trinajstić information content (AvgIpc) is 2.62. The molecule has 0 aromatic heterocycles. The van der Waals surface area contributed by atoms with Crippen molar-refractivity contribution in [3.63, 3.8) is 0 Å². The van der Waals surface area contributed by atoms with Crippen LogP contribution in [0.1, 0.15) is 13.3 Å². The molecule has 2 rings (SSSR count). The molecule has 0 aliphatic carbocycles. The summed E-state index contributed by atoms with van der Waals surface area (Å²) in [7, 11) is 1.72. The zero-order valence-electron chi connectivity index (χ0n) is 8.12. The Bertz CT molecular complexity index is 218. The van der Waals surface area contributed by atoms with Crippen molar-refractivity contribution in [2.75, 3.05) is 20.3 Å². The SMILES string of the molecule is COCC1=CCCN1NC1OC1C. The smallest absolute Gasteiger partial charge is 0.151 e. The van der Waals surface area contributed by atoms with Crippen molar-refractivity contribution in [3.05, 3.63) is 11.8 Å². The van der Waals surface area contributed by atoms with Crippen LogP contribution in [-0.4, -0.2) is 37.6 Å². The first-order valence-corrected chi connectivity index (χ1v) is 4.68. The lowest BCUT2D eigenvalue weighted by Crippen LogP contribution is -2.39. The molecule has 74 valence electrons. The molecule has 0 radical (unpaired) electrons. The van der Waals surface area contributed by atoms with E-state index in [0.29, 0.717) is 12.7 Å². The zero-order chi connectivity index (χ0) is 9.26. The van der Waals surface area contributed by atoms with Crippen molar-refractivity contribution in [2.45, 2.75) is 25.7 Å². The number of ether oxygens (including phenoxy) is 2. The fourth-order valence-electron chi connectivity index (χ4n) is 1.52. The van der Waals surface area contributed by atoms with E-state index in [1.54, 1.807) is 7.11 Å². The summed E-state index contributed by atoms with van der Waals surface area (Å²) in [6.07, 6.45) is 3.85. The number of hydrazine groups is 1. The van der Waals surface area contributed by atoms with Gasteiger partial charge in [-0.15, -0.1) is 0 Å². The third-order valence-corrected chi connectivity index (χ3v) is 2.37. The molecule has 0 aromatic carbocycles. The third-order valence-electron chi connectivity index (χ3n) is 2.37. The Kier molecular flexibility index (Phi) is 2.53. The molecular formula is C9H16N2O2. The van der Waals surface area contributed by atoms with Crippen LogP contribution in [0.5, 0.6) is 0 Å². The molecule has 2 atom stereocenters. The van der Waals surface area contributed by atoms with Gasteiger partial charge in [-0.05, 0) is 13.3 Å². The van der Waals surface area contributed by atoms with Crippen LogP contribution in [0.25, 0.3) is 0 Å². The molecule has 2 aliphatic heterocycles. The number of methoxy groups -OCH3 is 1. The molecule has 1 saturated heterocycles. The lowest BCUT2D eigenvalue weighted by molar-refractivity contribution is 0.153. The number of epoxide rings is 1. The highest BCUT2D eigenvalue weighted by atomic mass is 16.6. The van der Waals surface area contributed by atoms with Crippen LogP contribution in [0.3, 0.4) is 0 Å². The van der Waals surface area contributed by atoms with Crippen LogP contribution >= 0.6 is 0 Å². The van der Waals surface area contributed by atoms with Crippen LogP contribution in [0.15, 0.2) is 11.8 Å². The van der Waals surface area contributed by atoms with Crippen LogP contribution in [0.4, 0.5) is 0 Å². The molecule has 0 saturated carbocycles. The first-order valence-electron chi connectivity index (χ1n) is 4.68. The van der Waals surface area contributed by atoms with Gasteiger partial charge in [0.1, 0.15) is 0 Å². The summed E-state index contributed by atoms with van der Waals surface area (Å²) in [4.78, 5) is 0. The largest absolute Gasteiger partial charge is 0.378 e. The second-order valence-electron chi connectivity index (χ2n) is 3.46. The summed E-state index contributed by atoms with van der Waals surface area (Å²) in [5.41, 5.74) is 4.51. The maximum atomic E-state index is 5.28. The highest BCUT2D eigenvalue weighted by Crippen LogP contribution is 2.21. The van der Waals surface area contributed by atoms with Gasteiger partial charge in [0.15, 0.2) is 6.23 Å². The summed E-state index contributed by atoms with van der Waals surface area (Å²) in [5.74, 6) is 0. The van der Waals surface area contributed by atoms with Gasteiger partial charge in [-0.25, -0.2) is 5.43 Å². The van der Waals surface area contributed by atoms with E-state index in [1.807, 2.05) is 0 Å². The van der Waals surface area contributed by atoms with E-state index in [0.717, 1.165) is 13.0 Å². The Morgan fingerprint density at radius 1 is 1.77 bits per heavy atom. The average molecular weight is 184 g/mol. The summed E-state index contributed by atoms with van der Waals surface area (Å²) in [6, 6.07) is 0. The Labute approximate surface area is 78.5 Å². The molecule has 13 heavy (non-hydrogen) atoms. The predicted octanol–water partition coefficient (Wildman–Crippen LogP) is 0.472. The van der Waals surface area contributed by atoms with Crippen LogP contribution in [0.2, 0.25) is 0 Å². The zero-order valence-corrected chi connectivity index (χ0v) is 8.12. The Morgan fingerprint density at radius 3 is 3.15 bits per heavy atom. The Hall–Kier alpha value is -0.580. The minimum Gasteiger partial charge on any atom is -0.378 e.